The summed E-state index contributed by atoms with van der Waals surface area (Å²) in [7, 11) is 0. The monoisotopic (exact) mass is 402 g/mol. The second-order valence-corrected chi connectivity index (χ2v) is 6.60. The zero-order chi connectivity index (χ0) is 21.4. The van der Waals surface area contributed by atoms with E-state index in [2.05, 4.69) is 19.2 Å². The third-order valence-corrected chi connectivity index (χ3v) is 3.96. The number of esters is 1. The Balaban J connectivity index is 1.73. The summed E-state index contributed by atoms with van der Waals surface area (Å²) < 4.78 is 23.6. The van der Waals surface area contributed by atoms with E-state index in [-0.39, 0.29) is 12.3 Å². The fourth-order valence-corrected chi connectivity index (χ4v) is 2.59. The quantitative estimate of drug-likeness (QED) is 0.691. The second-order valence-electron chi connectivity index (χ2n) is 6.60. The summed E-state index contributed by atoms with van der Waals surface area (Å²) in [5.74, 6) is -1.37. The average Bonchev–Trinajstić information content (AvgIpc) is 2.66. The SMILES string of the molecule is Cc1cc(OCC(=O)OCC(=O)NC(=O)Nc2ccccc2F)ccc1C(C)C. The minimum atomic E-state index is -0.937. The molecule has 8 heteroatoms. The van der Waals surface area contributed by atoms with Gasteiger partial charge in [0.05, 0.1) is 5.69 Å². The summed E-state index contributed by atoms with van der Waals surface area (Å²) in [5.41, 5.74) is 2.15. The van der Waals surface area contributed by atoms with Crippen LogP contribution in [0.2, 0.25) is 0 Å². The van der Waals surface area contributed by atoms with Crippen LogP contribution in [-0.2, 0) is 14.3 Å². The number of aryl methyl sites for hydroxylation is 1. The van der Waals surface area contributed by atoms with Crippen LogP contribution in [0, 0.1) is 12.7 Å². The van der Waals surface area contributed by atoms with Crippen molar-refractivity contribution in [2.24, 2.45) is 0 Å². The van der Waals surface area contributed by atoms with Crippen molar-refractivity contribution < 1.29 is 28.2 Å². The Morgan fingerprint density at radius 2 is 1.79 bits per heavy atom. The normalized spacial score (nSPS) is 10.4. The molecule has 29 heavy (non-hydrogen) atoms. The maximum atomic E-state index is 13.4. The number of carbonyl (C=O) groups excluding carboxylic acids is 3. The third-order valence-electron chi connectivity index (χ3n) is 3.96. The third kappa shape index (κ3) is 6.91. The van der Waals surface area contributed by atoms with Gasteiger partial charge in [-0.05, 0) is 48.2 Å². The van der Waals surface area contributed by atoms with E-state index < -0.39 is 30.3 Å². The number of benzene rings is 2. The van der Waals surface area contributed by atoms with Crippen LogP contribution in [0.3, 0.4) is 0 Å². The molecular weight excluding hydrogens is 379 g/mol. The van der Waals surface area contributed by atoms with Crippen molar-refractivity contribution in [3.8, 4) is 5.75 Å². The van der Waals surface area contributed by atoms with E-state index in [4.69, 9.17) is 9.47 Å². The predicted octanol–water partition coefficient (Wildman–Crippen LogP) is 3.53. The van der Waals surface area contributed by atoms with Gasteiger partial charge in [0.2, 0.25) is 0 Å². The maximum Gasteiger partial charge on any atom is 0.344 e. The first-order chi connectivity index (χ1) is 13.8. The molecule has 2 aromatic carbocycles. The lowest BCUT2D eigenvalue weighted by molar-refractivity contribution is -0.150. The first kappa shape index (κ1) is 21.9. The Labute approximate surface area is 168 Å². The number of halogens is 1. The van der Waals surface area contributed by atoms with Gasteiger partial charge < -0.3 is 14.8 Å². The van der Waals surface area contributed by atoms with Gasteiger partial charge in [0, 0.05) is 0 Å². The number of carbonyl (C=O) groups is 3. The van der Waals surface area contributed by atoms with E-state index >= 15 is 0 Å². The van der Waals surface area contributed by atoms with Crippen LogP contribution in [0.5, 0.6) is 5.75 Å². The highest BCUT2D eigenvalue weighted by Gasteiger charge is 2.13. The number of ether oxygens (including phenoxy) is 2. The molecule has 7 nitrogen and oxygen atoms in total. The lowest BCUT2D eigenvalue weighted by atomic mass is 9.98. The molecule has 0 atom stereocenters. The maximum absolute atomic E-state index is 13.4. The summed E-state index contributed by atoms with van der Waals surface area (Å²) >= 11 is 0. The lowest BCUT2D eigenvalue weighted by Gasteiger charge is -2.12. The molecule has 154 valence electrons. The molecule has 0 aliphatic heterocycles. The molecule has 0 fully saturated rings. The molecule has 0 saturated heterocycles. The Bertz CT molecular complexity index is 898. The topological polar surface area (TPSA) is 93.7 Å². The molecule has 0 unspecified atom stereocenters. The number of rotatable bonds is 7. The molecule has 0 saturated carbocycles. The molecular formula is C21H23FN2O5. The Morgan fingerprint density at radius 3 is 2.45 bits per heavy atom. The number of amides is 3. The van der Waals surface area contributed by atoms with Gasteiger partial charge in [-0.1, -0.05) is 32.0 Å². The number of nitrogens with one attached hydrogen (secondary N) is 2. The van der Waals surface area contributed by atoms with Gasteiger partial charge in [0.1, 0.15) is 11.6 Å². The van der Waals surface area contributed by atoms with E-state index in [1.54, 1.807) is 6.07 Å². The van der Waals surface area contributed by atoms with E-state index in [1.807, 2.05) is 24.4 Å². The Morgan fingerprint density at radius 1 is 1.07 bits per heavy atom. The molecule has 0 aromatic heterocycles. The van der Waals surface area contributed by atoms with Crippen LogP contribution in [0.15, 0.2) is 42.5 Å². The number of para-hydroxylation sites is 1. The van der Waals surface area contributed by atoms with E-state index in [0.717, 1.165) is 11.6 Å². The molecule has 2 rings (SSSR count). The van der Waals surface area contributed by atoms with Gasteiger partial charge >= 0.3 is 12.0 Å². The molecule has 3 amide bonds. The van der Waals surface area contributed by atoms with E-state index in [9.17, 15) is 18.8 Å². The average molecular weight is 402 g/mol. The molecule has 0 spiro atoms. The largest absolute Gasteiger partial charge is 0.482 e. The number of hydrogen-bond acceptors (Lipinski definition) is 5. The summed E-state index contributed by atoms with van der Waals surface area (Å²) in [4.78, 5) is 35.1. The number of imide groups is 1. The molecule has 0 bridgehead atoms. The van der Waals surface area contributed by atoms with Crippen molar-refractivity contribution in [2.75, 3.05) is 18.5 Å². The number of anilines is 1. The van der Waals surface area contributed by atoms with Crippen molar-refractivity contribution >= 4 is 23.6 Å². The van der Waals surface area contributed by atoms with Gasteiger partial charge in [-0.25, -0.2) is 14.0 Å². The standard InChI is InChI=1S/C21H23FN2O5/c1-13(2)16-9-8-15(10-14(16)3)28-12-20(26)29-11-19(25)24-21(27)23-18-7-5-4-6-17(18)22/h4-10,13H,11-12H2,1-3H3,(H2,23,24,25,27). The van der Waals surface area contributed by atoms with Crippen LogP contribution in [0.4, 0.5) is 14.9 Å². The highest BCUT2D eigenvalue weighted by atomic mass is 19.1. The molecule has 0 aliphatic rings. The minimum absolute atomic E-state index is 0.0815. The van der Waals surface area contributed by atoms with Gasteiger partial charge in [-0.15, -0.1) is 0 Å². The first-order valence-corrected chi connectivity index (χ1v) is 9.00. The zero-order valence-electron chi connectivity index (χ0n) is 16.5. The van der Waals surface area contributed by atoms with Gasteiger partial charge in [0.25, 0.3) is 5.91 Å². The van der Waals surface area contributed by atoms with Crippen LogP contribution in [0.1, 0.15) is 30.9 Å². The second kappa shape index (κ2) is 10.2. The van der Waals surface area contributed by atoms with Crippen molar-refractivity contribution in [2.45, 2.75) is 26.7 Å². The Kier molecular flexibility index (Phi) is 7.70. The van der Waals surface area contributed by atoms with Gasteiger partial charge in [0.15, 0.2) is 13.2 Å². The van der Waals surface area contributed by atoms with Crippen LogP contribution < -0.4 is 15.4 Å². The Hall–Kier alpha value is -3.42. The molecule has 2 N–H and O–H groups in total. The van der Waals surface area contributed by atoms with E-state index in [0.29, 0.717) is 11.7 Å². The predicted molar refractivity (Wildman–Crippen MR) is 105 cm³/mol. The lowest BCUT2D eigenvalue weighted by Crippen LogP contribution is -2.37. The summed E-state index contributed by atoms with van der Waals surface area (Å²) in [6.45, 7) is 5.08. The van der Waals surface area contributed by atoms with E-state index in [1.165, 1.54) is 23.8 Å². The van der Waals surface area contributed by atoms with Gasteiger partial charge in [-0.2, -0.15) is 0 Å². The highest BCUT2D eigenvalue weighted by Crippen LogP contribution is 2.23. The number of hydrogen-bond donors (Lipinski definition) is 2. The van der Waals surface area contributed by atoms with Crippen LogP contribution >= 0.6 is 0 Å². The van der Waals surface area contributed by atoms with Crippen molar-refractivity contribution in [3.05, 3.63) is 59.4 Å². The van der Waals surface area contributed by atoms with Crippen molar-refractivity contribution in [1.29, 1.82) is 0 Å². The van der Waals surface area contributed by atoms with Crippen LogP contribution in [-0.4, -0.2) is 31.1 Å². The van der Waals surface area contributed by atoms with Gasteiger partial charge in [-0.3, -0.25) is 10.1 Å². The smallest absolute Gasteiger partial charge is 0.344 e. The number of urea groups is 1. The molecule has 0 radical (unpaired) electrons. The van der Waals surface area contributed by atoms with Crippen molar-refractivity contribution in [3.63, 3.8) is 0 Å². The fraction of sp³-hybridized carbons (Fsp3) is 0.286. The highest BCUT2D eigenvalue weighted by molar-refractivity contribution is 6.01. The molecule has 0 aliphatic carbocycles. The first-order valence-electron chi connectivity index (χ1n) is 9.00. The summed E-state index contributed by atoms with van der Waals surface area (Å²) in [6, 6.07) is 10.1. The van der Waals surface area contributed by atoms with Crippen LogP contribution in [0.25, 0.3) is 0 Å². The summed E-state index contributed by atoms with van der Waals surface area (Å²) in [5, 5.41) is 4.12. The molecule has 0 heterocycles. The minimum Gasteiger partial charge on any atom is -0.482 e. The summed E-state index contributed by atoms with van der Waals surface area (Å²) in [6.07, 6.45) is 0. The fourth-order valence-electron chi connectivity index (χ4n) is 2.59. The van der Waals surface area contributed by atoms with Crippen molar-refractivity contribution in [1.82, 2.24) is 5.32 Å². The zero-order valence-corrected chi connectivity index (χ0v) is 16.5. The molecule has 2 aromatic rings.